The molecule has 1 aliphatic rings. The third-order valence-corrected chi connectivity index (χ3v) is 4.46. The number of aromatic nitrogens is 1. The molecule has 1 unspecified atom stereocenters. The van der Waals surface area contributed by atoms with Crippen molar-refractivity contribution < 1.29 is 9.53 Å². The van der Waals surface area contributed by atoms with Crippen LogP contribution in [-0.4, -0.2) is 42.1 Å². The summed E-state index contributed by atoms with van der Waals surface area (Å²) in [6, 6.07) is 11.5. The van der Waals surface area contributed by atoms with Gasteiger partial charge in [0.15, 0.2) is 0 Å². The van der Waals surface area contributed by atoms with Gasteiger partial charge in [-0.15, -0.1) is 0 Å². The lowest BCUT2D eigenvalue weighted by Crippen LogP contribution is -2.41. The van der Waals surface area contributed by atoms with Crippen LogP contribution >= 0.6 is 0 Å². The molecule has 2 aromatic rings. The monoisotopic (exact) mass is 339 g/mol. The average Bonchev–Trinajstić information content (AvgIpc) is 2.67. The second-order valence-electron chi connectivity index (χ2n) is 6.36. The smallest absolute Gasteiger partial charge is 0.253 e. The molecular weight excluding hydrogens is 314 g/mol. The Kier molecular flexibility index (Phi) is 6.01. The number of carbonyl (C=O) groups is 1. The zero-order valence-corrected chi connectivity index (χ0v) is 14.6. The molecular formula is C20H25N3O2. The Labute approximate surface area is 149 Å². The number of nitrogens with one attached hydrogen (secondary N) is 1. The highest BCUT2D eigenvalue weighted by atomic mass is 16.5. The lowest BCUT2D eigenvalue weighted by atomic mass is 9.98. The molecule has 132 valence electrons. The van der Waals surface area contributed by atoms with Gasteiger partial charge in [0, 0.05) is 49.0 Å². The van der Waals surface area contributed by atoms with Crippen molar-refractivity contribution in [2.45, 2.75) is 19.8 Å². The highest BCUT2D eigenvalue weighted by Gasteiger charge is 2.24. The van der Waals surface area contributed by atoms with Gasteiger partial charge in [-0.05, 0) is 62.1 Å². The summed E-state index contributed by atoms with van der Waals surface area (Å²) in [7, 11) is 0. The number of piperidine rings is 1. The summed E-state index contributed by atoms with van der Waals surface area (Å²) < 4.78 is 5.53. The highest BCUT2D eigenvalue weighted by Crippen LogP contribution is 2.21. The molecule has 1 aromatic heterocycles. The Bertz CT molecular complexity index is 673. The Morgan fingerprint density at radius 3 is 2.64 bits per heavy atom. The van der Waals surface area contributed by atoms with Crippen LogP contribution in [0.2, 0.25) is 0 Å². The van der Waals surface area contributed by atoms with Crippen LogP contribution in [0.4, 0.5) is 11.4 Å². The van der Waals surface area contributed by atoms with Gasteiger partial charge in [-0.2, -0.15) is 0 Å². The summed E-state index contributed by atoms with van der Waals surface area (Å²) in [5.74, 6) is 0.557. The number of rotatable bonds is 6. The predicted octanol–water partition coefficient (Wildman–Crippen LogP) is 3.71. The van der Waals surface area contributed by atoms with E-state index in [4.69, 9.17) is 4.74 Å². The van der Waals surface area contributed by atoms with Gasteiger partial charge in [0.05, 0.1) is 6.61 Å². The van der Waals surface area contributed by atoms with Crippen molar-refractivity contribution in [3.63, 3.8) is 0 Å². The van der Waals surface area contributed by atoms with Gasteiger partial charge in [0.25, 0.3) is 5.91 Å². The third kappa shape index (κ3) is 4.79. The van der Waals surface area contributed by atoms with Crippen LogP contribution in [0, 0.1) is 5.92 Å². The number of anilines is 2. The number of pyridine rings is 1. The first-order valence-electron chi connectivity index (χ1n) is 8.90. The van der Waals surface area contributed by atoms with Crippen LogP contribution in [0.1, 0.15) is 30.1 Å². The fraction of sp³-hybridized carbons (Fsp3) is 0.400. The van der Waals surface area contributed by atoms with Crippen LogP contribution in [0.5, 0.6) is 0 Å². The quantitative estimate of drug-likeness (QED) is 0.871. The van der Waals surface area contributed by atoms with E-state index < -0.39 is 0 Å². The van der Waals surface area contributed by atoms with E-state index in [2.05, 4.69) is 10.3 Å². The number of hydrogen-bond donors (Lipinski definition) is 1. The van der Waals surface area contributed by atoms with Crippen molar-refractivity contribution >= 4 is 17.3 Å². The van der Waals surface area contributed by atoms with Gasteiger partial charge >= 0.3 is 0 Å². The molecule has 3 rings (SSSR count). The molecule has 1 atom stereocenters. The average molecular weight is 339 g/mol. The van der Waals surface area contributed by atoms with Crippen LogP contribution in [0.15, 0.2) is 48.8 Å². The van der Waals surface area contributed by atoms with Crippen molar-refractivity contribution in [2.24, 2.45) is 5.92 Å². The zero-order valence-electron chi connectivity index (χ0n) is 14.6. The number of amides is 1. The van der Waals surface area contributed by atoms with Crippen LogP contribution in [-0.2, 0) is 4.74 Å². The molecule has 0 saturated carbocycles. The predicted molar refractivity (Wildman–Crippen MR) is 99.1 cm³/mol. The summed E-state index contributed by atoms with van der Waals surface area (Å²) >= 11 is 0. The van der Waals surface area contributed by atoms with Gasteiger partial charge in [-0.1, -0.05) is 0 Å². The summed E-state index contributed by atoms with van der Waals surface area (Å²) in [6.45, 7) is 5.10. The Morgan fingerprint density at radius 2 is 1.92 bits per heavy atom. The second kappa shape index (κ2) is 8.62. The summed E-state index contributed by atoms with van der Waals surface area (Å²) in [4.78, 5) is 18.7. The van der Waals surface area contributed by atoms with E-state index >= 15 is 0 Å². The Balaban J connectivity index is 1.60. The number of nitrogens with zero attached hydrogens (tertiary/aromatic N) is 2. The van der Waals surface area contributed by atoms with Crippen molar-refractivity contribution in [1.29, 1.82) is 0 Å². The standard InChI is InChI=1S/C20H25N3O2/c1-2-25-15-16-4-3-13-23(14-16)20(24)17-5-7-18(8-6-17)22-19-9-11-21-12-10-19/h5-12,16H,2-4,13-15H2,1H3,(H,21,22). The first-order valence-corrected chi connectivity index (χ1v) is 8.90. The minimum Gasteiger partial charge on any atom is -0.381 e. The Hall–Kier alpha value is -2.40. The van der Waals surface area contributed by atoms with E-state index in [0.29, 0.717) is 5.92 Å². The Morgan fingerprint density at radius 1 is 1.20 bits per heavy atom. The van der Waals surface area contributed by atoms with Crippen molar-refractivity contribution in [2.75, 3.05) is 31.6 Å². The number of benzene rings is 1. The summed E-state index contributed by atoms with van der Waals surface area (Å²) in [6.07, 6.45) is 5.67. The van der Waals surface area contributed by atoms with Gasteiger partial charge in [-0.25, -0.2) is 0 Å². The third-order valence-electron chi connectivity index (χ3n) is 4.46. The number of ether oxygens (including phenoxy) is 1. The normalized spacial score (nSPS) is 17.3. The molecule has 5 heteroatoms. The van der Waals surface area contributed by atoms with Crippen molar-refractivity contribution in [1.82, 2.24) is 9.88 Å². The molecule has 25 heavy (non-hydrogen) atoms. The van der Waals surface area contributed by atoms with E-state index in [0.717, 1.165) is 56.1 Å². The molecule has 0 spiro atoms. The van der Waals surface area contributed by atoms with E-state index in [1.165, 1.54) is 0 Å². The largest absolute Gasteiger partial charge is 0.381 e. The lowest BCUT2D eigenvalue weighted by Gasteiger charge is -2.32. The van der Waals surface area contributed by atoms with Crippen LogP contribution < -0.4 is 5.32 Å². The minimum atomic E-state index is 0.108. The molecule has 1 fully saturated rings. The molecule has 1 saturated heterocycles. The SMILES string of the molecule is CCOCC1CCCN(C(=O)c2ccc(Nc3ccncc3)cc2)C1. The number of likely N-dealkylation sites (tertiary alicyclic amines) is 1. The summed E-state index contributed by atoms with van der Waals surface area (Å²) in [5, 5.41) is 3.30. The maximum Gasteiger partial charge on any atom is 0.253 e. The van der Waals surface area contributed by atoms with Gasteiger partial charge < -0.3 is 15.0 Å². The molecule has 2 heterocycles. The summed E-state index contributed by atoms with van der Waals surface area (Å²) in [5.41, 5.74) is 2.66. The fourth-order valence-corrected chi connectivity index (χ4v) is 3.15. The first-order chi connectivity index (χ1) is 12.3. The molecule has 0 radical (unpaired) electrons. The minimum absolute atomic E-state index is 0.108. The van der Waals surface area contributed by atoms with Gasteiger partial charge in [0.2, 0.25) is 0 Å². The first kappa shape index (κ1) is 17.4. The lowest BCUT2D eigenvalue weighted by molar-refractivity contribution is 0.0501. The number of carbonyl (C=O) groups excluding carboxylic acids is 1. The van der Waals surface area contributed by atoms with Gasteiger partial charge in [0.1, 0.15) is 0 Å². The molecule has 1 aromatic carbocycles. The van der Waals surface area contributed by atoms with Crippen LogP contribution in [0.3, 0.4) is 0 Å². The van der Waals surface area contributed by atoms with E-state index in [1.807, 2.05) is 48.2 Å². The highest BCUT2D eigenvalue weighted by molar-refractivity contribution is 5.94. The molecule has 1 aliphatic heterocycles. The van der Waals surface area contributed by atoms with Gasteiger partial charge in [-0.3, -0.25) is 9.78 Å². The molecule has 0 aliphatic carbocycles. The molecule has 0 bridgehead atoms. The molecule has 1 amide bonds. The van der Waals surface area contributed by atoms with Crippen molar-refractivity contribution in [3.8, 4) is 0 Å². The van der Waals surface area contributed by atoms with E-state index in [1.54, 1.807) is 12.4 Å². The fourth-order valence-electron chi connectivity index (χ4n) is 3.15. The topological polar surface area (TPSA) is 54.5 Å². The maximum absolute atomic E-state index is 12.7. The molecule has 5 nitrogen and oxygen atoms in total. The van der Waals surface area contributed by atoms with E-state index in [-0.39, 0.29) is 5.91 Å². The van der Waals surface area contributed by atoms with Crippen LogP contribution in [0.25, 0.3) is 0 Å². The van der Waals surface area contributed by atoms with Crippen molar-refractivity contribution in [3.05, 3.63) is 54.4 Å². The second-order valence-corrected chi connectivity index (χ2v) is 6.36. The van der Waals surface area contributed by atoms with E-state index in [9.17, 15) is 4.79 Å². The molecule has 1 N–H and O–H groups in total. The number of hydrogen-bond acceptors (Lipinski definition) is 4. The zero-order chi connectivity index (χ0) is 17.5. The maximum atomic E-state index is 12.7.